The monoisotopic (exact) mass is 418 g/mol. The predicted octanol–water partition coefficient (Wildman–Crippen LogP) is -2.02. The summed E-state index contributed by atoms with van der Waals surface area (Å²) in [6.07, 6.45) is 0. The van der Waals surface area contributed by atoms with E-state index >= 15 is 0 Å². The third kappa shape index (κ3) is 8.19. The second kappa shape index (κ2) is 16.4. The number of hydrogen-bond acceptors (Lipinski definition) is 8. The van der Waals surface area contributed by atoms with E-state index in [4.69, 9.17) is 18.9 Å². The van der Waals surface area contributed by atoms with E-state index in [1.54, 1.807) is 28.4 Å². The van der Waals surface area contributed by atoms with Crippen LogP contribution in [0.1, 0.15) is 0 Å². The topological polar surface area (TPSA) is 49.9 Å². The summed E-state index contributed by atoms with van der Waals surface area (Å²) >= 11 is 0. The Morgan fingerprint density at radius 1 is 0.538 bits per heavy atom. The lowest BCUT2D eigenvalue weighted by atomic mass is 10.6. The molecule has 0 amide bonds. The first-order valence-electron chi connectivity index (χ1n) is 8.64. The van der Waals surface area contributed by atoms with Crippen LogP contribution in [0.2, 0.25) is 0 Å². The fourth-order valence-corrected chi connectivity index (χ4v) is 7.59. The average molecular weight is 419 g/mol. The van der Waals surface area contributed by atoms with Crippen LogP contribution in [0.15, 0.2) is 0 Å². The van der Waals surface area contributed by atoms with Gasteiger partial charge in [0.25, 0.3) is 0 Å². The Morgan fingerprint density at radius 3 is 0.923 bits per heavy atom. The molecule has 8 nitrogen and oxygen atoms in total. The highest BCUT2D eigenvalue weighted by Gasteiger charge is 2.56. The molecule has 0 heterocycles. The molecule has 0 radical (unpaired) electrons. The number of hydrogen-bond donors (Lipinski definition) is 0. The highest BCUT2D eigenvalue weighted by atomic mass is 35.5. The summed E-state index contributed by atoms with van der Waals surface area (Å²) in [7, 11) is 13.6. The summed E-state index contributed by atoms with van der Waals surface area (Å²) in [5.41, 5.74) is 0. The summed E-state index contributed by atoms with van der Waals surface area (Å²) in [6.45, 7) is 6.04. The third-order valence-electron chi connectivity index (χ3n) is 4.05. The molecule has 0 bridgehead atoms. The second-order valence-corrected chi connectivity index (χ2v) is 9.91. The van der Waals surface area contributed by atoms with Gasteiger partial charge in [-0.15, -0.1) is 18.7 Å². The van der Waals surface area contributed by atoms with Crippen molar-refractivity contribution in [3.05, 3.63) is 0 Å². The highest BCUT2D eigenvalue weighted by molar-refractivity contribution is 7.66. The minimum atomic E-state index is -1.97. The van der Waals surface area contributed by atoms with Gasteiger partial charge in [-0.25, -0.2) is 0 Å². The zero-order chi connectivity index (χ0) is 19.3. The zero-order valence-electron chi connectivity index (χ0n) is 17.9. The van der Waals surface area contributed by atoms with Gasteiger partial charge in [0.15, 0.2) is 0 Å². The van der Waals surface area contributed by atoms with Gasteiger partial charge in [-0.1, -0.05) is 0 Å². The van der Waals surface area contributed by atoms with Crippen LogP contribution >= 0.6 is 7.87 Å². The lowest BCUT2D eigenvalue weighted by Crippen LogP contribution is -3.00. The molecule has 0 atom stereocenters. The quantitative estimate of drug-likeness (QED) is 0.266. The van der Waals surface area contributed by atoms with Crippen molar-refractivity contribution >= 4 is 7.87 Å². The number of halogens is 1. The van der Waals surface area contributed by atoms with Crippen molar-refractivity contribution < 1.29 is 31.4 Å². The van der Waals surface area contributed by atoms with Crippen molar-refractivity contribution in [2.24, 2.45) is 0 Å². The second-order valence-electron chi connectivity index (χ2n) is 6.11. The van der Waals surface area contributed by atoms with Crippen LogP contribution in [-0.4, -0.2) is 128 Å². The summed E-state index contributed by atoms with van der Waals surface area (Å²) in [6, 6.07) is 0. The van der Waals surface area contributed by atoms with Crippen LogP contribution in [0, 0.1) is 0 Å². The van der Waals surface area contributed by atoms with Gasteiger partial charge in [-0.05, 0) is 0 Å². The number of methoxy groups -OCH3 is 4. The molecule has 0 fully saturated rings. The van der Waals surface area contributed by atoms with Gasteiger partial charge in [-0.3, -0.25) is 0 Å². The van der Waals surface area contributed by atoms with E-state index in [2.05, 4.69) is 46.9 Å². The van der Waals surface area contributed by atoms with E-state index in [0.717, 1.165) is 26.2 Å². The number of ether oxygens (including phenoxy) is 4. The van der Waals surface area contributed by atoms with Gasteiger partial charge in [0.2, 0.25) is 0 Å². The molecule has 0 N–H and O–H groups in total. The maximum Gasteiger partial charge on any atom is 0.307 e. The molecule has 0 aliphatic carbocycles. The minimum absolute atomic E-state index is 0. The third-order valence-corrected chi connectivity index (χ3v) is 8.51. The molecule has 0 aliphatic heterocycles. The van der Waals surface area contributed by atoms with E-state index in [9.17, 15) is 0 Å². The fraction of sp³-hybridized carbons (Fsp3) is 1.00. The molecule has 0 aromatic heterocycles. The fourth-order valence-electron chi connectivity index (χ4n) is 3.10. The van der Waals surface area contributed by atoms with Crippen LogP contribution in [-0.2, 0) is 18.9 Å². The Labute approximate surface area is 167 Å². The molecule has 10 heteroatoms. The standard InChI is InChI=1S/C16H40N4O4P.ClH/c1-17(2)25(18(3)4,19(9-13-21-5)10-14-22-6)20(11-15-23-7)12-16-24-8;/h9-16H2,1-8H3;1H/q+1;/p-1. The van der Waals surface area contributed by atoms with Crippen LogP contribution in [0.5, 0.6) is 0 Å². The van der Waals surface area contributed by atoms with Crippen LogP contribution < -0.4 is 12.4 Å². The molecular weight excluding hydrogens is 379 g/mol. The summed E-state index contributed by atoms with van der Waals surface area (Å²) < 4.78 is 31.2. The first kappa shape index (κ1) is 28.6. The Hall–Kier alpha value is 0.400. The van der Waals surface area contributed by atoms with Gasteiger partial charge < -0.3 is 31.4 Å². The Kier molecular flexibility index (Phi) is 18.0. The van der Waals surface area contributed by atoms with Gasteiger partial charge in [0, 0.05) is 56.6 Å². The number of rotatable bonds is 16. The van der Waals surface area contributed by atoms with E-state index in [0.29, 0.717) is 26.4 Å². The maximum absolute atomic E-state index is 5.38. The highest BCUT2D eigenvalue weighted by Crippen LogP contribution is 2.67. The number of nitrogens with zero attached hydrogens (tertiary/aromatic N) is 4. The van der Waals surface area contributed by atoms with Crippen molar-refractivity contribution in [3.8, 4) is 0 Å². The van der Waals surface area contributed by atoms with Crippen molar-refractivity contribution in [2.45, 2.75) is 0 Å². The van der Waals surface area contributed by atoms with Gasteiger partial charge in [0.05, 0.1) is 52.6 Å². The van der Waals surface area contributed by atoms with E-state index in [-0.39, 0.29) is 12.4 Å². The molecule has 0 spiro atoms. The lowest BCUT2D eigenvalue weighted by Gasteiger charge is -2.47. The lowest BCUT2D eigenvalue weighted by molar-refractivity contribution is -0.00000699. The van der Waals surface area contributed by atoms with Crippen LogP contribution in [0.25, 0.3) is 0 Å². The minimum Gasteiger partial charge on any atom is -1.00 e. The average Bonchev–Trinajstić information content (AvgIpc) is 2.57. The molecule has 0 aromatic carbocycles. The van der Waals surface area contributed by atoms with Gasteiger partial charge >= 0.3 is 7.87 Å². The molecule has 0 saturated carbocycles. The molecule has 26 heavy (non-hydrogen) atoms. The molecule has 0 aliphatic rings. The van der Waals surface area contributed by atoms with E-state index < -0.39 is 7.87 Å². The molecule has 0 saturated heterocycles. The van der Waals surface area contributed by atoms with Crippen molar-refractivity contribution in [3.63, 3.8) is 0 Å². The Bertz CT molecular complexity index is 285. The predicted molar refractivity (Wildman–Crippen MR) is 105 cm³/mol. The molecule has 160 valence electrons. The SMILES string of the molecule is COCCN(CCOC)[P+](N(C)C)(N(C)C)N(CCOC)CCOC.[Cl-]. The Morgan fingerprint density at radius 2 is 0.769 bits per heavy atom. The van der Waals surface area contributed by atoms with Gasteiger partial charge in [0.1, 0.15) is 0 Å². The summed E-state index contributed by atoms with van der Waals surface area (Å²) in [4.78, 5) is 0. The summed E-state index contributed by atoms with van der Waals surface area (Å²) in [5.74, 6) is 0. The molecule has 0 rings (SSSR count). The smallest absolute Gasteiger partial charge is 0.307 e. The first-order chi connectivity index (χ1) is 11.9. The maximum atomic E-state index is 5.38. The summed E-state index contributed by atoms with van der Waals surface area (Å²) in [5, 5.41) is 0. The van der Waals surface area contributed by atoms with E-state index in [1.165, 1.54) is 0 Å². The van der Waals surface area contributed by atoms with Crippen molar-refractivity contribution in [1.82, 2.24) is 18.7 Å². The zero-order valence-corrected chi connectivity index (χ0v) is 19.6. The van der Waals surface area contributed by atoms with Crippen LogP contribution in [0.3, 0.4) is 0 Å². The van der Waals surface area contributed by atoms with Crippen molar-refractivity contribution in [1.29, 1.82) is 0 Å². The van der Waals surface area contributed by atoms with Crippen molar-refractivity contribution in [2.75, 3.05) is 109 Å². The Balaban J connectivity index is 0. The van der Waals surface area contributed by atoms with Gasteiger partial charge in [-0.2, -0.15) is 0 Å². The van der Waals surface area contributed by atoms with E-state index in [1.807, 2.05) is 0 Å². The molecular formula is C16H40ClN4O4P. The normalized spacial score (nSPS) is 12.5. The largest absolute Gasteiger partial charge is 1.00 e. The van der Waals surface area contributed by atoms with Crippen LogP contribution in [0.4, 0.5) is 0 Å². The molecule has 0 aromatic rings. The molecule has 0 unspecified atom stereocenters. The first-order valence-corrected chi connectivity index (χ1v) is 10.2.